The first-order valence-corrected chi connectivity index (χ1v) is 11.3. The highest BCUT2D eigenvalue weighted by atomic mass is 32.1. The van der Waals surface area contributed by atoms with Crippen LogP contribution < -0.4 is 16.1 Å². The molecule has 1 amide bonds. The number of aliphatic imine (C=N–C) groups is 1. The lowest BCUT2D eigenvalue weighted by molar-refractivity contribution is -0.130. The molecule has 0 radical (unpaired) electrons. The number of hydrogen-bond acceptors (Lipinski definition) is 7. The Kier molecular flexibility index (Phi) is 8.96. The molecule has 1 saturated heterocycles. The van der Waals surface area contributed by atoms with E-state index in [1.807, 2.05) is 31.2 Å². The summed E-state index contributed by atoms with van der Waals surface area (Å²) in [6.07, 6.45) is 1.98. The van der Waals surface area contributed by atoms with E-state index in [2.05, 4.69) is 15.4 Å². The van der Waals surface area contributed by atoms with Crippen LogP contribution in [-0.2, 0) is 16.0 Å². The third kappa shape index (κ3) is 7.12. The molecule has 2 aromatic rings. The lowest BCUT2D eigenvalue weighted by Crippen LogP contribution is -2.49. The molecule has 0 bridgehead atoms. The lowest BCUT2D eigenvalue weighted by atomic mass is 10.1. The first-order valence-electron chi connectivity index (χ1n) is 10.9. The average molecular weight is 501 g/mol. The van der Waals surface area contributed by atoms with E-state index >= 15 is 0 Å². The van der Waals surface area contributed by atoms with Crippen molar-refractivity contribution < 1.29 is 18.4 Å². The number of anilines is 1. The average Bonchev–Trinajstić information content (AvgIpc) is 2.84. The largest absolute Gasteiger partial charge is 0.368 e. The Bertz CT molecular complexity index is 1140. The Morgan fingerprint density at radius 2 is 1.86 bits per heavy atom. The zero-order valence-electron chi connectivity index (χ0n) is 19.2. The molecule has 11 heteroatoms. The van der Waals surface area contributed by atoms with E-state index in [0.29, 0.717) is 38.9 Å². The Labute approximate surface area is 207 Å². The van der Waals surface area contributed by atoms with Gasteiger partial charge in [0.1, 0.15) is 10.7 Å². The highest BCUT2D eigenvalue weighted by molar-refractivity contribution is 7.81. The van der Waals surface area contributed by atoms with Gasteiger partial charge >= 0.3 is 0 Å². The standard InChI is InChI=1S/C24H26F2N6O2S/c1-16-3-2-4-17(9-16)10-23(34)31-5-7-32(8-6-31)24-20(25)11-18(12-21(24)26)28-13-19(30-27)14-29-22(35)15-33/h2-4,9,11-13,15H,5-8,10,14,27H2,1H3,(H,29,35). The van der Waals surface area contributed by atoms with E-state index < -0.39 is 11.6 Å². The number of halogens is 2. The molecular formula is C24H26F2N6O2S. The van der Waals surface area contributed by atoms with E-state index in [0.717, 1.165) is 23.3 Å². The van der Waals surface area contributed by atoms with Gasteiger partial charge in [-0.15, -0.1) is 0 Å². The summed E-state index contributed by atoms with van der Waals surface area (Å²) >= 11 is 4.72. The number of carbonyl (C=O) groups is 2. The van der Waals surface area contributed by atoms with Crippen molar-refractivity contribution in [2.24, 2.45) is 15.9 Å². The quantitative estimate of drug-likeness (QED) is 0.190. The fourth-order valence-corrected chi connectivity index (χ4v) is 3.78. The molecular weight excluding hydrogens is 474 g/mol. The molecule has 0 aliphatic carbocycles. The summed E-state index contributed by atoms with van der Waals surface area (Å²) in [4.78, 5) is 30.5. The van der Waals surface area contributed by atoms with Crippen molar-refractivity contribution in [2.45, 2.75) is 13.3 Å². The number of benzene rings is 2. The normalized spacial score (nSPS) is 14.3. The van der Waals surface area contributed by atoms with Crippen LogP contribution in [-0.4, -0.2) is 66.7 Å². The van der Waals surface area contributed by atoms with Crippen LogP contribution in [0.3, 0.4) is 0 Å². The smallest absolute Gasteiger partial charge is 0.227 e. The van der Waals surface area contributed by atoms with Crippen LogP contribution in [0.25, 0.3) is 0 Å². The molecule has 0 saturated carbocycles. The van der Waals surface area contributed by atoms with Crippen molar-refractivity contribution >= 4 is 52.7 Å². The maximum Gasteiger partial charge on any atom is 0.227 e. The number of nitrogens with two attached hydrogens (primary N) is 1. The van der Waals surface area contributed by atoms with Crippen LogP contribution in [0.2, 0.25) is 0 Å². The topological polar surface area (TPSA) is 103 Å². The highest BCUT2D eigenvalue weighted by Gasteiger charge is 2.25. The Hall–Kier alpha value is -3.73. The van der Waals surface area contributed by atoms with Crippen LogP contribution in [0.4, 0.5) is 20.2 Å². The summed E-state index contributed by atoms with van der Waals surface area (Å²) in [7, 11) is 0. The zero-order chi connectivity index (χ0) is 25.4. The molecule has 0 atom stereocenters. The van der Waals surface area contributed by atoms with Gasteiger partial charge in [-0.2, -0.15) is 5.10 Å². The second-order valence-electron chi connectivity index (χ2n) is 8.01. The number of nitrogens with zero attached hydrogens (tertiary/aromatic N) is 4. The summed E-state index contributed by atoms with van der Waals surface area (Å²) in [5.74, 6) is 3.74. The molecule has 1 heterocycles. The van der Waals surface area contributed by atoms with E-state index in [-0.39, 0.29) is 34.5 Å². The fourth-order valence-electron chi connectivity index (χ4n) is 3.71. The molecule has 1 aliphatic rings. The molecule has 3 N–H and O–H groups in total. The molecule has 2 aromatic carbocycles. The molecule has 184 valence electrons. The first-order chi connectivity index (χ1) is 16.8. The van der Waals surface area contributed by atoms with Crippen molar-refractivity contribution in [2.75, 3.05) is 37.6 Å². The number of piperazine rings is 1. The highest BCUT2D eigenvalue weighted by Crippen LogP contribution is 2.29. The number of amides is 1. The van der Waals surface area contributed by atoms with Crippen molar-refractivity contribution in [3.63, 3.8) is 0 Å². The number of aryl methyl sites for hydroxylation is 1. The molecule has 35 heavy (non-hydrogen) atoms. The SMILES string of the molecule is Cc1cccc(CC(=O)N2CCN(c3c(F)cc(N=CC(CNC(=S)C=O)=NN)cc3F)CC2)c1. The van der Waals surface area contributed by atoms with Gasteiger partial charge in [-0.05, 0) is 12.5 Å². The summed E-state index contributed by atoms with van der Waals surface area (Å²) in [5.41, 5.74) is 2.14. The van der Waals surface area contributed by atoms with Gasteiger partial charge in [0.2, 0.25) is 5.91 Å². The minimum atomic E-state index is -0.761. The molecule has 3 rings (SSSR count). The van der Waals surface area contributed by atoms with Gasteiger partial charge in [0.25, 0.3) is 0 Å². The number of rotatable bonds is 8. The molecule has 0 spiro atoms. The van der Waals surface area contributed by atoms with Crippen molar-refractivity contribution in [1.29, 1.82) is 0 Å². The fraction of sp³-hybridized carbons (Fsp3) is 0.292. The number of thiocarbonyl (C=S) groups is 1. The van der Waals surface area contributed by atoms with Crippen molar-refractivity contribution in [3.8, 4) is 0 Å². The Morgan fingerprint density at radius 3 is 2.46 bits per heavy atom. The third-order valence-corrected chi connectivity index (χ3v) is 5.71. The van der Waals surface area contributed by atoms with Gasteiger partial charge < -0.3 is 21.0 Å². The molecule has 0 aromatic heterocycles. The van der Waals surface area contributed by atoms with Crippen LogP contribution in [0.1, 0.15) is 11.1 Å². The number of aldehydes is 1. The van der Waals surface area contributed by atoms with Crippen molar-refractivity contribution in [1.82, 2.24) is 10.2 Å². The number of hydrazone groups is 1. The number of nitrogens with one attached hydrogen (secondary N) is 1. The second-order valence-corrected chi connectivity index (χ2v) is 8.45. The molecule has 0 unspecified atom stereocenters. The number of hydrogen-bond donors (Lipinski definition) is 2. The van der Waals surface area contributed by atoms with Gasteiger partial charge in [-0.25, -0.2) is 8.78 Å². The first kappa shape index (κ1) is 25.9. The zero-order valence-corrected chi connectivity index (χ0v) is 20.0. The Balaban J connectivity index is 1.61. The van der Waals surface area contributed by atoms with Gasteiger partial charge in [-0.3, -0.25) is 14.6 Å². The third-order valence-electron chi connectivity index (χ3n) is 5.47. The monoisotopic (exact) mass is 500 g/mol. The van der Waals surface area contributed by atoms with E-state index in [4.69, 9.17) is 18.1 Å². The number of carbonyl (C=O) groups excluding carboxylic acids is 2. The maximum atomic E-state index is 14.8. The van der Waals surface area contributed by atoms with Crippen LogP contribution >= 0.6 is 12.2 Å². The van der Waals surface area contributed by atoms with Crippen LogP contribution in [0.5, 0.6) is 0 Å². The lowest BCUT2D eigenvalue weighted by Gasteiger charge is -2.36. The Morgan fingerprint density at radius 1 is 1.17 bits per heavy atom. The summed E-state index contributed by atoms with van der Waals surface area (Å²) in [5, 5.41) is 6.10. The minimum absolute atomic E-state index is 0.0124. The van der Waals surface area contributed by atoms with Gasteiger partial charge in [-0.1, -0.05) is 42.0 Å². The molecule has 1 fully saturated rings. The van der Waals surface area contributed by atoms with E-state index in [1.54, 1.807) is 9.80 Å². The maximum absolute atomic E-state index is 14.8. The second kappa shape index (κ2) is 12.1. The summed E-state index contributed by atoms with van der Waals surface area (Å²) in [6.45, 7) is 3.36. The van der Waals surface area contributed by atoms with Gasteiger partial charge in [0.05, 0.1) is 30.6 Å². The minimum Gasteiger partial charge on any atom is -0.368 e. The van der Waals surface area contributed by atoms with E-state index in [9.17, 15) is 18.4 Å². The summed E-state index contributed by atoms with van der Waals surface area (Å²) in [6, 6.07) is 10.00. The predicted molar refractivity (Wildman–Crippen MR) is 136 cm³/mol. The molecule has 1 aliphatic heterocycles. The van der Waals surface area contributed by atoms with Gasteiger partial charge in [0.15, 0.2) is 17.9 Å². The summed E-state index contributed by atoms with van der Waals surface area (Å²) < 4.78 is 29.6. The van der Waals surface area contributed by atoms with Crippen LogP contribution in [0.15, 0.2) is 46.5 Å². The van der Waals surface area contributed by atoms with Crippen LogP contribution in [0, 0.1) is 18.6 Å². The van der Waals surface area contributed by atoms with Crippen molar-refractivity contribution in [3.05, 3.63) is 59.2 Å². The molecule has 8 nitrogen and oxygen atoms in total. The van der Waals surface area contributed by atoms with E-state index in [1.165, 1.54) is 6.21 Å². The predicted octanol–water partition coefficient (Wildman–Crippen LogP) is 2.30. The van der Waals surface area contributed by atoms with Gasteiger partial charge in [0, 0.05) is 38.3 Å².